The molecule has 0 unspecified atom stereocenters. The Labute approximate surface area is 72.9 Å². The van der Waals surface area contributed by atoms with E-state index in [9.17, 15) is 9.59 Å². The van der Waals surface area contributed by atoms with Gasteiger partial charge in [-0.05, 0) is 13.3 Å². The molecule has 0 radical (unpaired) electrons. The van der Waals surface area contributed by atoms with Gasteiger partial charge in [0.1, 0.15) is 0 Å². The van der Waals surface area contributed by atoms with Crippen LogP contribution in [-0.4, -0.2) is 36.9 Å². The van der Waals surface area contributed by atoms with Gasteiger partial charge in [0.2, 0.25) is 0 Å². The van der Waals surface area contributed by atoms with E-state index in [0.29, 0.717) is 13.1 Å². The van der Waals surface area contributed by atoms with Crippen LogP contribution in [0.4, 0.5) is 0 Å². The molecule has 12 heavy (non-hydrogen) atoms. The smallest absolute Gasteiger partial charge is 0.311 e. The maximum atomic E-state index is 11.2. The van der Waals surface area contributed by atoms with Crippen LogP contribution in [0.2, 0.25) is 0 Å². The van der Waals surface area contributed by atoms with Crippen molar-refractivity contribution in [1.29, 1.82) is 0 Å². The first-order valence-electron chi connectivity index (χ1n) is 4.18. The Bertz CT molecular complexity index is 168. The summed E-state index contributed by atoms with van der Waals surface area (Å²) in [5.41, 5.74) is 0. The third-order valence-electron chi connectivity index (χ3n) is 1.58. The summed E-state index contributed by atoms with van der Waals surface area (Å²) >= 11 is 0. The number of nitrogens with zero attached hydrogens (tertiary/aromatic N) is 1. The Morgan fingerprint density at radius 2 is 1.92 bits per heavy atom. The SMILES string of the molecule is CCCN(CC)C(=O)C(=O)NC. The minimum absolute atomic E-state index is 0.443. The van der Waals surface area contributed by atoms with Crippen LogP contribution in [0, 0.1) is 0 Å². The van der Waals surface area contributed by atoms with Gasteiger partial charge >= 0.3 is 11.8 Å². The number of rotatable bonds is 3. The second-order valence-corrected chi connectivity index (χ2v) is 2.46. The summed E-state index contributed by atoms with van der Waals surface area (Å²) in [5, 5.41) is 2.31. The second-order valence-electron chi connectivity index (χ2n) is 2.46. The average molecular weight is 172 g/mol. The van der Waals surface area contributed by atoms with Crippen LogP contribution in [0.3, 0.4) is 0 Å². The lowest BCUT2D eigenvalue weighted by Gasteiger charge is -2.18. The number of carbonyl (C=O) groups is 2. The molecule has 4 nitrogen and oxygen atoms in total. The standard InChI is InChI=1S/C8H16N2O2/c1-4-6-10(5-2)8(12)7(11)9-3/h4-6H2,1-3H3,(H,9,11). The number of amides is 2. The fourth-order valence-corrected chi connectivity index (χ4v) is 0.924. The Balaban J connectivity index is 4.11. The highest BCUT2D eigenvalue weighted by molar-refractivity contribution is 6.34. The lowest BCUT2D eigenvalue weighted by atomic mass is 10.4. The highest BCUT2D eigenvalue weighted by atomic mass is 16.2. The number of hydrogen-bond donors (Lipinski definition) is 1. The van der Waals surface area contributed by atoms with Crippen molar-refractivity contribution in [2.45, 2.75) is 20.3 Å². The molecule has 0 saturated carbocycles. The Morgan fingerprint density at radius 1 is 1.33 bits per heavy atom. The lowest BCUT2D eigenvalue weighted by molar-refractivity contribution is -0.145. The average Bonchev–Trinajstić information content (AvgIpc) is 2.11. The minimum Gasteiger partial charge on any atom is -0.351 e. The largest absolute Gasteiger partial charge is 0.351 e. The molecule has 0 aromatic rings. The quantitative estimate of drug-likeness (QED) is 0.609. The zero-order chi connectivity index (χ0) is 9.56. The number of likely N-dealkylation sites (N-methyl/N-ethyl adjacent to an activating group) is 2. The van der Waals surface area contributed by atoms with Gasteiger partial charge in [-0.15, -0.1) is 0 Å². The second kappa shape index (κ2) is 5.57. The topological polar surface area (TPSA) is 49.4 Å². The first-order chi connectivity index (χ1) is 5.67. The molecule has 0 aliphatic carbocycles. The van der Waals surface area contributed by atoms with Crippen molar-refractivity contribution in [3.63, 3.8) is 0 Å². The molecule has 0 spiro atoms. The third-order valence-corrected chi connectivity index (χ3v) is 1.58. The molecule has 0 atom stereocenters. The first-order valence-corrected chi connectivity index (χ1v) is 4.18. The van der Waals surface area contributed by atoms with Crippen molar-refractivity contribution in [3.05, 3.63) is 0 Å². The van der Waals surface area contributed by atoms with Crippen LogP contribution >= 0.6 is 0 Å². The van der Waals surface area contributed by atoms with Gasteiger partial charge in [-0.25, -0.2) is 0 Å². The highest BCUT2D eigenvalue weighted by Crippen LogP contribution is 1.91. The van der Waals surface area contributed by atoms with E-state index in [-0.39, 0.29) is 0 Å². The molecule has 0 rings (SSSR count). The van der Waals surface area contributed by atoms with Crippen LogP contribution in [0.1, 0.15) is 20.3 Å². The molecule has 0 aliphatic heterocycles. The van der Waals surface area contributed by atoms with Crippen LogP contribution in [-0.2, 0) is 9.59 Å². The molecule has 0 aromatic carbocycles. The molecule has 4 heteroatoms. The summed E-state index contributed by atoms with van der Waals surface area (Å²) in [5.74, 6) is -0.979. The van der Waals surface area contributed by atoms with Gasteiger partial charge in [-0.1, -0.05) is 6.92 Å². The molecule has 2 amide bonds. The fraction of sp³-hybridized carbons (Fsp3) is 0.750. The van der Waals surface area contributed by atoms with Crippen LogP contribution in [0.25, 0.3) is 0 Å². The molecule has 70 valence electrons. The lowest BCUT2D eigenvalue weighted by Crippen LogP contribution is -2.41. The van der Waals surface area contributed by atoms with Gasteiger partial charge in [-0.2, -0.15) is 0 Å². The maximum Gasteiger partial charge on any atom is 0.311 e. The number of hydrogen-bond acceptors (Lipinski definition) is 2. The molecule has 1 N–H and O–H groups in total. The third kappa shape index (κ3) is 2.90. The van der Waals surface area contributed by atoms with Gasteiger partial charge in [0.05, 0.1) is 0 Å². The van der Waals surface area contributed by atoms with E-state index < -0.39 is 11.8 Å². The molecular weight excluding hydrogens is 156 g/mol. The fourth-order valence-electron chi connectivity index (χ4n) is 0.924. The summed E-state index contributed by atoms with van der Waals surface area (Å²) in [4.78, 5) is 23.6. The van der Waals surface area contributed by atoms with Crippen LogP contribution < -0.4 is 5.32 Å². The van der Waals surface area contributed by atoms with Gasteiger partial charge in [0.25, 0.3) is 0 Å². The predicted molar refractivity (Wildman–Crippen MR) is 46.6 cm³/mol. The summed E-state index contributed by atoms with van der Waals surface area (Å²) in [7, 11) is 1.46. The van der Waals surface area contributed by atoms with Crippen molar-refractivity contribution in [3.8, 4) is 0 Å². The van der Waals surface area contributed by atoms with E-state index in [1.807, 2.05) is 13.8 Å². The minimum atomic E-state index is -0.537. The molecule has 0 saturated heterocycles. The van der Waals surface area contributed by atoms with Crippen molar-refractivity contribution in [2.75, 3.05) is 20.1 Å². The summed E-state index contributed by atoms with van der Waals surface area (Å²) < 4.78 is 0. The van der Waals surface area contributed by atoms with E-state index in [1.54, 1.807) is 0 Å². The monoisotopic (exact) mass is 172 g/mol. The van der Waals surface area contributed by atoms with Gasteiger partial charge in [0.15, 0.2) is 0 Å². The first kappa shape index (κ1) is 10.9. The van der Waals surface area contributed by atoms with Crippen molar-refractivity contribution >= 4 is 11.8 Å². The van der Waals surface area contributed by atoms with Crippen LogP contribution in [0.5, 0.6) is 0 Å². The van der Waals surface area contributed by atoms with Crippen LogP contribution in [0.15, 0.2) is 0 Å². The summed E-state index contributed by atoms with van der Waals surface area (Å²) in [6, 6.07) is 0. The molecule has 0 heterocycles. The normalized spacial score (nSPS) is 9.25. The van der Waals surface area contributed by atoms with Crippen molar-refractivity contribution in [2.24, 2.45) is 0 Å². The summed E-state index contributed by atoms with van der Waals surface area (Å²) in [6.07, 6.45) is 0.872. The number of nitrogens with one attached hydrogen (secondary N) is 1. The Hall–Kier alpha value is -1.06. The number of carbonyl (C=O) groups excluding carboxylic acids is 2. The molecule has 0 aromatic heterocycles. The van der Waals surface area contributed by atoms with E-state index in [1.165, 1.54) is 11.9 Å². The van der Waals surface area contributed by atoms with Gasteiger partial charge in [0, 0.05) is 20.1 Å². The van der Waals surface area contributed by atoms with E-state index in [4.69, 9.17) is 0 Å². The zero-order valence-corrected chi connectivity index (χ0v) is 7.89. The van der Waals surface area contributed by atoms with Gasteiger partial charge < -0.3 is 10.2 Å². The van der Waals surface area contributed by atoms with Crippen molar-refractivity contribution in [1.82, 2.24) is 10.2 Å². The van der Waals surface area contributed by atoms with E-state index >= 15 is 0 Å². The zero-order valence-electron chi connectivity index (χ0n) is 7.89. The molecule has 0 bridgehead atoms. The molecule has 0 fully saturated rings. The predicted octanol–water partition coefficient (Wildman–Crippen LogP) is -0.00910. The van der Waals surface area contributed by atoms with Crippen molar-refractivity contribution < 1.29 is 9.59 Å². The molecular formula is C8H16N2O2. The Kier molecular flexibility index (Phi) is 5.08. The van der Waals surface area contributed by atoms with E-state index in [2.05, 4.69) is 5.32 Å². The molecule has 0 aliphatic rings. The Morgan fingerprint density at radius 3 is 2.25 bits per heavy atom. The highest BCUT2D eigenvalue weighted by Gasteiger charge is 2.17. The van der Waals surface area contributed by atoms with E-state index in [0.717, 1.165) is 6.42 Å². The maximum absolute atomic E-state index is 11.2. The summed E-state index contributed by atoms with van der Waals surface area (Å²) in [6.45, 7) is 5.05. The van der Waals surface area contributed by atoms with Gasteiger partial charge in [-0.3, -0.25) is 9.59 Å².